The van der Waals surface area contributed by atoms with Crippen molar-refractivity contribution in [2.45, 2.75) is 23.8 Å². The summed E-state index contributed by atoms with van der Waals surface area (Å²) in [6, 6.07) is 3.85. The fourth-order valence-corrected chi connectivity index (χ4v) is 8.71. The quantitative estimate of drug-likeness (QED) is 0.0901. The van der Waals surface area contributed by atoms with Crippen LogP contribution in [0.25, 0.3) is 22.1 Å². The average Bonchev–Trinajstić information content (AvgIpc) is 3.65. The predicted molar refractivity (Wildman–Crippen MR) is 184 cm³/mol. The maximum Gasteiger partial charge on any atom is 0.352 e. The number of aliphatic carboxylic acids is 2. The van der Waals surface area contributed by atoms with Gasteiger partial charge in [0, 0.05) is 48.1 Å². The molecule has 8 rings (SSSR count). The highest BCUT2D eigenvalue weighted by atomic mass is 32.3. The first kappa shape index (κ1) is 40.9. The molecule has 284 valence electrons. The van der Waals surface area contributed by atoms with Gasteiger partial charge >= 0.3 is 11.9 Å². The van der Waals surface area contributed by atoms with Crippen molar-refractivity contribution in [3.8, 4) is 0 Å². The van der Waals surface area contributed by atoms with Gasteiger partial charge in [-0.2, -0.15) is 0 Å². The maximum atomic E-state index is 12.4. The third-order valence-corrected chi connectivity index (χ3v) is 11.1. The Bertz CT molecular complexity index is 2110. The summed E-state index contributed by atoms with van der Waals surface area (Å²) in [6.07, 6.45) is 14.5. The number of imidazole rings is 2. The first-order valence-corrected chi connectivity index (χ1v) is 18.6. The minimum Gasteiger partial charge on any atom is -0.759 e. The van der Waals surface area contributed by atoms with Crippen molar-refractivity contribution >= 4 is 79.7 Å². The van der Waals surface area contributed by atoms with Crippen LogP contribution < -0.4 is 9.13 Å². The predicted octanol–water partition coefficient (Wildman–Crippen LogP) is -2.27. The number of hydrogen-bond donors (Lipinski definition) is 2. The Balaban J connectivity index is 0.000000203. The Morgan fingerprint density at radius 2 is 1.15 bits per heavy atom. The molecule has 0 aliphatic carbocycles. The minimum atomic E-state index is -5.17. The second kappa shape index (κ2) is 16.0. The van der Waals surface area contributed by atoms with Crippen molar-refractivity contribution < 1.29 is 67.0 Å². The summed E-state index contributed by atoms with van der Waals surface area (Å²) < 4.78 is 41.9. The van der Waals surface area contributed by atoms with Crippen LogP contribution in [-0.4, -0.2) is 114 Å². The Kier molecular flexibility index (Phi) is 12.3. The van der Waals surface area contributed by atoms with Gasteiger partial charge in [0.05, 0.1) is 12.7 Å². The highest BCUT2D eigenvalue weighted by molar-refractivity contribution is 8.00. The lowest BCUT2D eigenvalue weighted by Crippen LogP contribution is -2.64. The highest BCUT2D eigenvalue weighted by Crippen LogP contribution is 2.42. The van der Waals surface area contributed by atoms with E-state index in [1.807, 2.05) is 69.3 Å². The third kappa shape index (κ3) is 8.35. The Labute approximate surface area is 309 Å². The number of carboxylic acids is 2. The molecule has 4 aromatic rings. The molecule has 6 N–H and O–H groups in total. The standard InChI is InChI=1S/2C15H14N4O3S.H2O4S.2H2O/c2*1-17-8-16-10-2-4-18(7-12(10)17)6-9-13(20)19-11(15(21)22)3-5-23-14(9)19;1-5(2,3)4;;/h2*2-4,7-9,14H,5-6H2,1H3;(H2,1,2,3,4);2*1H2/t2*9?,14-;;;/m00.../s1. The molecule has 23 heteroatoms. The van der Waals surface area contributed by atoms with Gasteiger partial charge in [0.2, 0.25) is 11.8 Å². The second-order valence-corrected chi connectivity index (χ2v) is 14.9. The Morgan fingerprint density at radius 1 is 0.792 bits per heavy atom. The van der Waals surface area contributed by atoms with Crippen LogP contribution >= 0.6 is 23.5 Å². The molecular formula is C30H34N8O12S3. The molecule has 4 aliphatic heterocycles. The minimum absolute atomic E-state index is 0. The number of nitrogens with zero attached hydrogens (tertiary/aromatic N) is 8. The zero-order chi connectivity index (χ0) is 36.8. The van der Waals surface area contributed by atoms with Gasteiger partial charge in [-0.05, 0) is 12.2 Å². The van der Waals surface area contributed by atoms with Gasteiger partial charge in [-0.3, -0.25) is 27.8 Å². The molecule has 8 heterocycles. The summed E-state index contributed by atoms with van der Waals surface area (Å²) >= 11 is 3.22. The normalized spacial score (nSPS) is 21.4. The van der Waals surface area contributed by atoms with Crippen LogP contribution in [0, 0.1) is 11.8 Å². The van der Waals surface area contributed by atoms with Crippen LogP contribution in [0.3, 0.4) is 0 Å². The second-order valence-electron chi connectivity index (χ2n) is 11.8. The average molecular weight is 795 g/mol. The first-order chi connectivity index (χ1) is 24.1. The Hall–Kier alpha value is -4.91. The molecule has 2 amide bonds. The molecule has 0 saturated carbocycles. The van der Waals surface area contributed by atoms with Crippen molar-refractivity contribution in [1.82, 2.24) is 28.9 Å². The topological polar surface area (TPSA) is 302 Å². The number of aromatic nitrogens is 6. The zero-order valence-electron chi connectivity index (χ0n) is 27.9. The van der Waals surface area contributed by atoms with Gasteiger partial charge in [-0.1, -0.05) is 0 Å². The molecule has 0 aromatic carbocycles. The van der Waals surface area contributed by atoms with Gasteiger partial charge in [0.15, 0.2) is 37.9 Å². The molecular weight excluding hydrogens is 761 g/mol. The lowest BCUT2D eigenvalue weighted by atomic mass is 9.96. The van der Waals surface area contributed by atoms with Crippen molar-refractivity contribution in [2.75, 3.05) is 11.5 Å². The van der Waals surface area contributed by atoms with Gasteiger partial charge < -0.3 is 39.4 Å². The van der Waals surface area contributed by atoms with Crippen molar-refractivity contribution in [3.63, 3.8) is 0 Å². The number of carbonyl (C=O) groups excluding carboxylic acids is 2. The van der Waals surface area contributed by atoms with Crippen LogP contribution in [-0.2, 0) is 56.8 Å². The van der Waals surface area contributed by atoms with Crippen molar-refractivity contribution in [2.24, 2.45) is 25.9 Å². The molecule has 20 nitrogen and oxygen atoms in total. The van der Waals surface area contributed by atoms with Crippen LogP contribution in [0.5, 0.6) is 0 Å². The summed E-state index contributed by atoms with van der Waals surface area (Å²) in [5, 5.41) is 18.2. The number of fused-ring (bicyclic) bond motifs is 4. The fraction of sp³-hybridized carbons (Fsp3) is 0.333. The van der Waals surface area contributed by atoms with E-state index in [1.165, 1.54) is 9.80 Å². The lowest BCUT2D eigenvalue weighted by molar-refractivity contribution is -0.701. The van der Waals surface area contributed by atoms with Crippen molar-refractivity contribution in [3.05, 3.63) is 73.1 Å². The Morgan fingerprint density at radius 3 is 1.49 bits per heavy atom. The molecule has 0 radical (unpaired) electrons. The van der Waals surface area contributed by atoms with E-state index in [0.29, 0.717) is 24.6 Å². The highest BCUT2D eigenvalue weighted by Gasteiger charge is 2.54. The number of carboxylic acid groups (broad SMARTS) is 2. The van der Waals surface area contributed by atoms with Gasteiger partial charge in [0.1, 0.15) is 56.0 Å². The summed E-state index contributed by atoms with van der Waals surface area (Å²) in [5.41, 5.74) is 4.04. The molecule has 0 bridgehead atoms. The number of β-lactam (4-membered cyclic amide) rings is 2. The summed E-state index contributed by atoms with van der Waals surface area (Å²) in [7, 11) is -1.31. The van der Waals surface area contributed by atoms with E-state index < -0.39 is 22.3 Å². The zero-order valence-corrected chi connectivity index (χ0v) is 30.3. The molecule has 4 atom stereocenters. The molecule has 4 aromatic heterocycles. The third-order valence-electron chi connectivity index (χ3n) is 8.62. The summed E-state index contributed by atoms with van der Waals surface area (Å²) in [4.78, 5) is 58.6. The van der Waals surface area contributed by atoms with E-state index in [1.54, 1.807) is 48.3 Å². The van der Waals surface area contributed by atoms with E-state index in [9.17, 15) is 29.4 Å². The largest absolute Gasteiger partial charge is 0.759 e. The maximum absolute atomic E-state index is 12.4. The van der Waals surface area contributed by atoms with Crippen LogP contribution in [0.15, 0.2) is 73.1 Å². The summed E-state index contributed by atoms with van der Waals surface area (Å²) in [6.45, 7) is 1.09. The summed E-state index contributed by atoms with van der Waals surface area (Å²) in [5.74, 6) is -1.45. The monoisotopic (exact) mass is 794 g/mol. The van der Waals surface area contributed by atoms with E-state index in [-0.39, 0.29) is 56.7 Å². The van der Waals surface area contributed by atoms with E-state index in [0.717, 1.165) is 22.1 Å². The number of carbonyl (C=O) groups is 4. The molecule has 0 spiro atoms. The van der Waals surface area contributed by atoms with Crippen LogP contribution in [0.2, 0.25) is 0 Å². The smallest absolute Gasteiger partial charge is 0.352 e. The fourth-order valence-electron chi connectivity index (χ4n) is 6.21. The first-order valence-electron chi connectivity index (χ1n) is 15.2. The van der Waals surface area contributed by atoms with E-state index >= 15 is 0 Å². The van der Waals surface area contributed by atoms with Crippen LogP contribution in [0.1, 0.15) is 0 Å². The van der Waals surface area contributed by atoms with Crippen molar-refractivity contribution in [1.29, 1.82) is 0 Å². The van der Waals surface area contributed by atoms with E-state index in [4.69, 9.17) is 17.5 Å². The van der Waals surface area contributed by atoms with Crippen LogP contribution in [0.4, 0.5) is 0 Å². The van der Waals surface area contributed by atoms with E-state index in [2.05, 4.69) is 9.97 Å². The SMILES string of the molecule is Cn1cnc2cc[n+](CC3C(=O)N4C(C(=O)O)=CCS[C@@H]34)cc21.Cn1cnc2cc[n+](CC3C(=O)N4C(C(=O)O)=CCS[C@@H]34)cc21.O.O.O=S(=O)([O-])[O-]. The molecule has 53 heavy (non-hydrogen) atoms. The molecule has 2 fully saturated rings. The number of pyridine rings is 2. The molecule has 4 aliphatic rings. The number of thioether (sulfide) groups is 2. The molecule has 2 unspecified atom stereocenters. The number of aryl methyl sites for hydroxylation is 2. The van der Waals surface area contributed by atoms with Gasteiger partial charge in [-0.25, -0.2) is 28.7 Å². The molecule has 2 saturated heterocycles. The number of rotatable bonds is 6. The van der Waals surface area contributed by atoms with Gasteiger partial charge in [-0.15, -0.1) is 23.5 Å². The lowest BCUT2D eigenvalue weighted by Gasteiger charge is -2.47. The number of hydrogen-bond acceptors (Lipinski definition) is 12. The number of amides is 2. The van der Waals surface area contributed by atoms with Gasteiger partial charge in [0.25, 0.3) is 0 Å².